The van der Waals surface area contributed by atoms with E-state index in [2.05, 4.69) is 20.5 Å². The van der Waals surface area contributed by atoms with Gasteiger partial charge in [-0.3, -0.25) is 9.79 Å². The Morgan fingerprint density at radius 1 is 1.41 bits per heavy atom. The fraction of sp³-hybridized carbons (Fsp3) is 0.412. The maximum Gasteiger partial charge on any atom is 0.236 e. The zero-order chi connectivity index (χ0) is 19.2. The van der Waals surface area contributed by atoms with Crippen LogP contribution in [-0.2, 0) is 11.3 Å². The Labute approximate surface area is 165 Å². The maximum absolute atomic E-state index is 13.0. The molecule has 0 saturated carbocycles. The normalized spacial score (nSPS) is 14.7. The molecule has 1 aliphatic heterocycles. The topological polar surface area (TPSA) is 81.4 Å². The van der Waals surface area contributed by atoms with Crippen LogP contribution in [-0.4, -0.2) is 43.9 Å². The highest BCUT2D eigenvalue weighted by molar-refractivity contribution is 8.14. The highest BCUT2D eigenvalue weighted by Gasteiger charge is 2.20. The standard InChI is InChI=1S/C17H20FN5O2S2/c1-3-23-15(11(2)25-13-6-4-12(18)5-7-13)21-22-17(23)27-10-14(24)20-16-19-8-9-26-16/h4-7,11H,3,8-10H2,1-2H3,(H,19,20,24). The molecule has 144 valence electrons. The second kappa shape index (κ2) is 9.23. The first-order valence-corrected chi connectivity index (χ1v) is 10.5. The summed E-state index contributed by atoms with van der Waals surface area (Å²) >= 11 is 2.86. The van der Waals surface area contributed by atoms with Gasteiger partial charge in [-0.2, -0.15) is 0 Å². The van der Waals surface area contributed by atoms with E-state index in [-0.39, 0.29) is 23.6 Å². The first-order valence-electron chi connectivity index (χ1n) is 8.52. The van der Waals surface area contributed by atoms with Crippen LogP contribution >= 0.6 is 23.5 Å². The monoisotopic (exact) mass is 409 g/mol. The second-order valence-corrected chi connectivity index (χ2v) is 7.70. The van der Waals surface area contributed by atoms with Gasteiger partial charge in [0.1, 0.15) is 11.6 Å². The third-order valence-corrected chi connectivity index (χ3v) is 5.57. The number of nitrogens with one attached hydrogen (secondary N) is 1. The molecule has 0 bridgehead atoms. The van der Waals surface area contributed by atoms with E-state index in [0.717, 1.165) is 12.3 Å². The van der Waals surface area contributed by atoms with Gasteiger partial charge in [0.25, 0.3) is 0 Å². The van der Waals surface area contributed by atoms with E-state index in [4.69, 9.17) is 4.74 Å². The van der Waals surface area contributed by atoms with E-state index in [0.29, 0.717) is 28.4 Å². The van der Waals surface area contributed by atoms with Gasteiger partial charge in [-0.05, 0) is 38.1 Å². The lowest BCUT2D eigenvalue weighted by atomic mass is 10.3. The molecule has 1 aliphatic rings. The first kappa shape index (κ1) is 19.7. The molecular weight excluding hydrogens is 389 g/mol. The van der Waals surface area contributed by atoms with Crippen LogP contribution in [0.1, 0.15) is 25.8 Å². The van der Waals surface area contributed by atoms with Crippen molar-refractivity contribution >= 4 is 34.6 Å². The van der Waals surface area contributed by atoms with E-state index in [1.807, 2.05) is 18.4 Å². The molecule has 2 heterocycles. The number of ether oxygens (including phenoxy) is 1. The molecular formula is C17H20FN5O2S2. The van der Waals surface area contributed by atoms with Crippen LogP contribution in [0.15, 0.2) is 34.4 Å². The molecule has 0 radical (unpaired) electrons. The lowest BCUT2D eigenvalue weighted by Gasteiger charge is -2.15. The summed E-state index contributed by atoms with van der Waals surface area (Å²) in [5.41, 5.74) is 0. The van der Waals surface area contributed by atoms with E-state index < -0.39 is 0 Å². The third-order valence-electron chi connectivity index (χ3n) is 3.72. The molecule has 1 aromatic carbocycles. The number of hydrogen-bond donors (Lipinski definition) is 1. The Hall–Kier alpha value is -2.07. The van der Waals surface area contributed by atoms with Crippen molar-refractivity contribution in [3.8, 4) is 5.75 Å². The van der Waals surface area contributed by atoms with Crippen molar-refractivity contribution in [3.63, 3.8) is 0 Å². The van der Waals surface area contributed by atoms with Gasteiger partial charge in [0.15, 0.2) is 22.3 Å². The Morgan fingerprint density at radius 2 is 2.19 bits per heavy atom. The molecule has 0 saturated heterocycles. The number of benzene rings is 1. The van der Waals surface area contributed by atoms with Crippen LogP contribution in [0.25, 0.3) is 0 Å². The SMILES string of the molecule is CCn1c(SCC(=O)NC2=NCCS2)nnc1C(C)Oc1ccc(F)cc1. The number of carbonyl (C=O) groups is 1. The average Bonchev–Trinajstić information content (AvgIpc) is 3.31. The summed E-state index contributed by atoms with van der Waals surface area (Å²) in [6.07, 6.45) is -0.365. The Kier molecular flexibility index (Phi) is 6.73. The maximum atomic E-state index is 13.0. The number of hydrogen-bond acceptors (Lipinski definition) is 7. The summed E-state index contributed by atoms with van der Waals surface area (Å²) in [5, 5.41) is 12.5. The van der Waals surface area contributed by atoms with Crippen molar-refractivity contribution in [2.24, 2.45) is 4.99 Å². The van der Waals surface area contributed by atoms with Gasteiger partial charge >= 0.3 is 0 Å². The quantitative estimate of drug-likeness (QED) is 0.708. The van der Waals surface area contributed by atoms with Crippen molar-refractivity contribution < 1.29 is 13.9 Å². The summed E-state index contributed by atoms with van der Waals surface area (Å²) in [4.78, 5) is 16.2. The molecule has 0 aliphatic carbocycles. The molecule has 1 atom stereocenters. The van der Waals surface area contributed by atoms with Crippen molar-refractivity contribution in [3.05, 3.63) is 35.9 Å². The van der Waals surface area contributed by atoms with Crippen LogP contribution in [0, 0.1) is 5.82 Å². The fourth-order valence-corrected chi connectivity index (χ4v) is 4.02. The lowest BCUT2D eigenvalue weighted by molar-refractivity contribution is -0.117. The fourth-order valence-electron chi connectivity index (χ4n) is 2.47. The molecule has 10 heteroatoms. The van der Waals surface area contributed by atoms with Gasteiger partial charge in [0, 0.05) is 12.3 Å². The third kappa shape index (κ3) is 5.23. The number of carbonyl (C=O) groups excluding carboxylic acids is 1. The Morgan fingerprint density at radius 3 is 2.85 bits per heavy atom. The van der Waals surface area contributed by atoms with E-state index in [9.17, 15) is 9.18 Å². The van der Waals surface area contributed by atoms with Crippen molar-refractivity contribution in [1.82, 2.24) is 20.1 Å². The molecule has 1 aromatic heterocycles. The summed E-state index contributed by atoms with van der Waals surface area (Å²) in [6.45, 7) is 5.22. The number of aliphatic imine (C=N–C) groups is 1. The number of thioether (sulfide) groups is 2. The minimum Gasteiger partial charge on any atom is -0.483 e. The van der Waals surface area contributed by atoms with Gasteiger partial charge in [-0.1, -0.05) is 23.5 Å². The van der Waals surface area contributed by atoms with Crippen LogP contribution in [0.3, 0.4) is 0 Å². The lowest BCUT2D eigenvalue weighted by Crippen LogP contribution is -2.29. The van der Waals surface area contributed by atoms with Gasteiger partial charge in [0.2, 0.25) is 5.91 Å². The highest BCUT2D eigenvalue weighted by atomic mass is 32.2. The van der Waals surface area contributed by atoms with E-state index >= 15 is 0 Å². The number of rotatable bonds is 7. The summed E-state index contributed by atoms with van der Waals surface area (Å²) < 4.78 is 20.8. The van der Waals surface area contributed by atoms with Crippen molar-refractivity contribution in [2.45, 2.75) is 31.7 Å². The number of amides is 1. The highest BCUT2D eigenvalue weighted by Crippen LogP contribution is 2.24. The van der Waals surface area contributed by atoms with Gasteiger partial charge in [-0.15, -0.1) is 10.2 Å². The molecule has 1 unspecified atom stereocenters. The molecule has 0 spiro atoms. The van der Waals surface area contributed by atoms with Crippen LogP contribution in [0.2, 0.25) is 0 Å². The van der Waals surface area contributed by atoms with E-state index in [1.165, 1.54) is 23.9 Å². The Balaban J connectivity index is 1.61. The van der Waals surface area contributed by atoms with E-state index in [1.54, 1.807) is 23.9 Å². The number of halogens is 1. The minimum atomic E-state index is -0.365. The van der Waals surface area contributed by atoms with Crippen LogP contribution in [0.5, 0.6) is 5.75 Å². The molecule has 2 aromatic rings. The van der Waals surface area contributed by atoms with Crippen molar-refractivity contribution in [1.29, 1.82) is 0 Å². The van der Waals surface area contributed by atoms with Gasteiger partial charge in [0.05, 0.1) is 12.3 Å². The van der Waals surface area contributed by atoms with Gasteiger partial charge in [-0.25, -0.2) is 4.39 Å². The molecule has 27 heavy (non-hydrogen) atoms. The second-order valence-electron chi connectivity index (χ2n) is 5.67. The Bertz CT molecular complexity index is 825. The largest absolute Gasteiger partial charge is 0.483 e. The average molecular weight is 410 g/mol. The number of amidine groups is 1. The number of nitrogens with zero attached hydrogens (tertiary/aromatic N) is 4. The van der Waals surface area contributed by atoms with Crippen molar-refractivity contribution in [2.75, 3.05) is 18.1 Å². The predicted molar refractivity (Wildman–Crippen MR) is 105 cm³/mol. The van der Waals surface area contributed by atoms with Crippen LogP contribution < -0.4 is 10.1 Å². The molecule has 1 amide bonds. The molecule has 3 rings (SSSR count). The number of aromatic nitrogens is 3. The first-order chi connectivity index (χ1) is 13.1. The summed E-state index contributed by atoms with van der Waals surface area (Å²) in [7, 11) is 0. The smallest absolute Gasteiger partial charge is 0.236 e. The molecule has 1 N–H and O–H groups in total. The zero-order valence-corrected chi connectivity index (χ0v) is 16.6. The summed E-state index contributed by atoms with van der Waals surface area (Å²) in [5.74, 6) is 1.91. The summed E-state index contributed by atoms with van der Waals surface area (Å²) in [6, 6.07) is 5.84. The minimum absolute atomic E-state index is 0.115. The molecule has 7 nitrogen and oxygen atoms in total. The van der Waals surface area contributed by atoms with Crippen LogP contribution in [0.4, 0.5) is 4.39 Å². The van der Waals surface area contributed by atoms with Gasteiger partial charge < -0.3 is 14.6 Å². The molecule has 0 fully saturated rings. The zero-order valence-electron chi connectivity index (χ0n) is 15.0. The predicted octanol–water partition coefficient (Wildman–Crippen LogP) is 2.89.